The lowest BCUT2D eigenvalue weighted by molar-refractivity contribution is -0.00377. The van der Waals surface area contributed by atoms with E-state index in [9.17, 15) is 18.6 Å². The molecule has 0 aromatic heterocycles. The van der Waals surface area contributed by atoms with Gasteiger partial charge in [0.1, 0.15) is 5.75 Å². The van der Waals surface area contributed by atoms with Crippen molar-refractivity contribution in [2.24, 2.45) is 4.99 Å². The highest BCUT2D eigenvalue weighted by Gasteiger charge is 2.32. The van der Waals surface area contributed by atoms with E-state index in [1.165, 1.54) is 19.2 Å². The summed E-state index contributed by atoms with van der Waals surface area (Å²) in [6, 6.07) is 5.98. The van der Waals surface area contributed by atoms with E-state index >= 15 is 0 Å². The topological polar surface area (TPSA) is 123 Å². The van der Waals surface area contributed by atoms with Crippen molar-refractivity contribution in [1.29, 1.82) is 0 Å². The Labute approximate surface area is 141 Å². The van der Waals surface area contributed by atoms with Crippen LogP contribution >= 0.6 is 0 Å². The number of guanidine groups is 1. The first-order valence-corrected chi connectivity index (χ1v) is 8.75. The number of benzene rings is 1. The molecule has 9 nitrogen and oxygen atoms in total. The molecule has 1 aliphatic heterocycles. The first-order chi connectivity index (χ1) is 11.3. The van der Waals surface area contributed by atoms with Crippen LogP contribution in [0.2, 0.25) is 0 Å². The zero-order valence-corrected chi connectivity index (χ0v) is 14.4. The van der Waals surface area contributed by atoms with Crippen LogP contribution in [0, 0.1) is 0 Å². The average Bonchev–Trinajstić information content (AvgIpc) is 2.61. The van der Waals surface area contributed by atoms with Gasteiger partial charge in [0.2, 0.25) is 5.96 Å². The maximum Gasteiger partial charge on any atom is 0.264 e. The van der Waals surface area contributed by atoms with Gasteiger partial charge in [-0.3, -0.25) is 4.90 Å². The van der Waals surface area contributed by atoms with E-state index < -0.39 is 15.6 Å². The Morgan fingerprint density at radius 2 is 1.96 bits per heavy atom. The molecule has 4 N–H and O–H groups in total. The summed E-state index contributed by atoms with van der Waals surface area (Å²) in [5, 5.41) is 21.6. The zero-order valence-electron chi connectivity index (χ0n) is 13.6. The second kappa shape index (κ2) is 7.34. The average molecular weight is 358 g/mol. The standard InChI is InChI=1S/C14H22N4O5S/c1-14(7-19,8-20)18-9-15-13(16-10-18)17-24(21,22)12-5-3-11(23-2)4-6-12/h3-6,19-20H,7-10H2,1-2H3,(H2,15,16,17). The number of methoxy groups -OCH3 is 1. The molecule has 134 valence electrons. The monoisotopic (exact) mass is 358 g/mol. The molecule has 0 saturated carbocycles. The van der Waals surface area contributed by atoms with Gasteiger partial charge in [0.25, 0.3) is 10.0 Å². The van der Waals surface area contributed by atoms with Crippen molar-refractivity contribution >= 4 is 16.0 Å². The van der Waals surface area contributed by atoms with Crippen LogP contribution in [-0.4, -0.2) is 68.7 Å². The number of nitrogens with zero attached hydrogens (tertiary/aromatic N) is 2. The van der Waals surface area contributed by atoms with Crippen molar-refractivity contribution < 1.29 is 23.4 Å². The molecule has 0 aliphatic carbocycles. The van der Waals surface area contributed by atoms with Gasteiger partial charge in [-0.05, 0) is 31.2 Å². The molecule has 2 rings (SSSR count). The molecule has 1 aliphatic rings. The summed E-state index contributed by atoms with van der Waals surface area (Å²) in [7, 11) is -2.26. The largest absolute Gasteiger partial charge is 0.497 e. The first-order valence-electron chi connectivity index (χ1n) is 7.26. The molecular formula is C14H22N4O5S. The van der Waals surface area contributed by atoms with E-state index in [0.29, 0.717) is 5.75 Å². The summed E-state index contributed by atoms with van der Waals surface area (Å²) in [5.74, 6) is 0.672. The number of hydrogen-bond acceptors (Lipinski definition) is 8. The minimum atomic E-state index is -3.77. The van der Waals surface area contributed by atoms with Gasteiger partial charge in [-0.15, -0.1) is 0 Å². The van der Waals surface area contributed by atoms with E-state index in [-0.39, 0.29) is 37.4 Å². The molecule has 0 bridgehead atoms. The van der Waals surface area contributed by atoms with E-state index in [0.717, 1.165) is 0 Å². The van der Waals surface area contributed by atoms with Crippen LogP contribution in [0.15, 0.2) is 34.2 Å². The molecule has 24 heavy (non-hydrogen) atoms. The quantitative estimate of drug-likeness (QED) is 0.508. The van der Waals surface area contributed by atoms with Crippen molar-refractivity contribution in [1.82, 2.24) is 14.9 Å². The Bertz CT molecular complexity index is 686. The van der Waals surface area contributed by atoms with Crippen LogP contribution in [-0.2, 0) is 10.0 Å². The lowest BCUT2D eigenvalue weighted by atomic mass is 10.0. The maximum atomic E-state index is 12.3. The molecular weight excluding hydrogens is 336 g/mol. The van der Waals surface area contributed by atoms with Crippen molar-refractivity contribution in [2.45, 2.75) is 17.4 Å². The van der Waals surface area contributed by atoms with Gasteiger partial charge in [0, 0.05) is 0 Å². The maximum absolute atomic E-state index is 12.3. The van der Waals surface area contributed by atoms with E-state index in [1.54, 1.807) is 24.0 Å². The summed E-state index contributed by atoms with van der Waals surface area (Å²) in [6.07, 6.45) is 0. The number of aliphatic hydroxyl groups is 2. The van der Waals surface area contributed by atoms with Crippen LogP contribution in [0.3, 0.4) is 0 Å². The normalized spacial score (nSPS) is 16.2. The minimum absolute atomic E-state index is 0.0887. The number of aliphatic hydroxyl groups excluding tert-OH is 2. The molecule has 1 aromatic rings. The highest BCUT2D eigenvalue weighted by molar-refractivity contribution is 7.90. The van der Waals surface area contributed by atoms with Gasteiger partial charge >= 0.3 is 0 Å². The van der Waals surface area contributed by atoms with Crippen molar-refractivity contribution in [3.05, 3.63) is 24.3 Å². The fourth-order valence-corrected chi connectivity index (χ4v) is 3.06. The van der Waals surface area contributed by atoms with Crippen molar-refractivity contribution in [3.8, 4) is 5.75 Å². The van der Waals surface area contributed by atoms with E-state index in [4.69, 9.17) is 4.74 Å². The van der Waals surface area contributed by atoms with Gasteiger partial charge in [-0.25, -0.2) is 18.1 Å². The summed E-state index contributed by atoms with van der Waals surface area (Å²) >= 11 is 0. The first kappa shape index (κ1) is 18.5. The second-order valence-corrected chi connectivity index (χ2v) is 7.30. The summed E-state index contributed by atoms with van der Waals surface area (Å²) < 4.78 is 32.0. The van der Waals surface area contributed by atoms with E-state index in [1.807, 2.05) is 0 Å². The number of nitrogens with one attached hydrogen (secondary N) is 2. The SMILES string of the molecule is COc1ccc(S(=O)(=O)NC2=NCN(C(C)(CO)CO)CN2)cc1. The minimum Gasteiger partial charge on any atom is -0.497 e. The Morgan fingerprint density at radius 3 is 2.42 bits per heavy atom. The Kier molecular flexibility index (Phi) is 5.65. The Balaban J connectivity index is 2.07. The van der Waals surface area contributed by atoms with Crippen LogP contribution in [0.5, 0.6) is 5.75 Å². The number of hydrogen-bond donors (Lipinski definition) is 4. The molecule has 0 saturated heterocycles. The third-order valence-corrected chi connectivity index (χ3v) is 5.24. The molecule has 0 atom stereocenters. The van der Waals surface area contributed by atoms with Crippen LogP contribution in [0.1, 0.15) is 6.92 Å². The van der Waals surface area contributed by atoms with Crippen molar-refractivity contribution in [3.63, 3.8) is 0 Å². The van der Waals surface area contributed by atoms with Gasteiger partial charge in [-0.1, -0.05) is 0 Å². The van der Waals surface area contributed by atoms with Crippen molar-refractivity contribution in [2.75, 3.05) is 33.7 Å². The Hall–Kier alpha value is -1.88. The molecule has 10 heteroatoms. The highest BCUT2D eigenvalue weighted by Crippen LogP contribution is 2.16. The van der Waals surface area contributed by atoms with E-state index in [2.05, 4.69) is 15.0 Å². The predicted molar refractivity (Wildman–Crippen MR) is 88.0 cm³/mol. The third-order valence-electron chi connectivity index (χ3n) is 3.88. The summed E-state index contributed by atoms with van der Waals surface area (Å²) in [6.45, 7) is 1.59. The lowest BCUT2D eigenvalue weighted by Crippen LogP contribution is -2.60. The highest BCUT2D eigenvalue weighted by atomic mass is 32.2. The van der Waals surface area contributed by atoms with Crippen LogP contribution in [0.25, 0.3) is 0 Å². The molecule has 0 spiro atoms. The van der Waals surface area contributed by atoms with Gasteiger partial charge in [0.05, 0.1) is 44.1 Å². The fraction of sp³-hybridized carbons (Fsp3) is 0.500. The smallest absolute Gasteiger partial charge is 0.264 e. The predicted octanol–water partition coefficient (Wildman–Crippen LogP) is -1.11. The molecule has 0 unspecified atom stereocenters. The second-order valence-electron chi connectivity index (χ2n) is 5.62. The number of aliphatic imine (C=N–C) groups is 1. The molecule has 0 fully saturated rings. The Morgan fingerprint density at radius 1 is 1.33 bits per heavy atom. The molecule has 1 aromatic carbocycles. The summed E-state index contributed by atoms with van der Waals surface area (Å²) in [4.78, 5) is 5.91. The van der Waals surface area contributed by atoms with Crippen LogP contribution in [0.4, 0.5) is 0 Å². The van der Waals surface area contributed by atoms with Gasteiger partial charge in [-0.2, -0.15) is 0 Å². The fourth-order valence-electron chi connectivity index (χ4n) is 2.05. The number of rotatable bonds is 6. The molecule has 1 heterocycles. The van der Waals surface area contributed by atoms with Gasteiger partial charge < -0.3 is 20.3 Å². The molecule has 0 amide bonds. The van der Waals surface area contributed by atoms with Crippen LogP contribution < -0.4 is 14.8 Å². The number of sulfonamides is 1. The third kappa shape index (κ3) is 3.96. The number of ether oxygens (including phenoxy) is 1. The van der Waals surface area contributed by atoms with Gasteiger partial charge in [0.15, 0.2) is 0 Å². The zero-order chi connectivity index (χ0) is 17.8. The summed E-state index contributed by atoms with van der Waals surface area (Å²) in [5.41, 5.74) is -0.836. The lowest BCUT2D eigenvalue weighted by Gasteiger charge is -2.39. The molecule has 0 radical (unpaired) electrons.